The molecule has 1 aliphatic carbocycles. The molecule has 6 nitrogen and oxygen atoms in total. The van der Waals surface area contributed by atoms with Gasteiger partial charge in [0.1, 0.15) is 0 Å². The summed E-state index contributed by atoms with van der Waals surface area (Å²) in [6.45, 7) is 0. The lowest BCUT2D eigenvalue weighted by Gasteiger charge is -2.38. The van der Waals surface area contributed by atoms with Gasteiger partial charge in [0.15, 0.2) is 5.13 Å². The number of aliphatic hydroxyl groups excluding tert-OH is 1. The van der Waals surface area contributed by atoms with Gasteiger partial charge in [-0.05, 0) is 42.9 Å². The van der Waals surface area contributed by atoms with E-state index in [-0.39, 0.29) is 24.0 Å². The number of aryl methyl sites for hydroxylation is 1. The van der Waals surface area contributed by atoms with Gasteiger partial charge in [0.2, 0.25) is 5.91 Å². The fourth-order valence-corrected chi connectivity index (χ4v) is 4.16. The minimum atomic E-state index is -0.277. The van der Waals surface area contributed by atoms with Crippen molar-refractivity contribution in [1.82, 2.24) is 15.3 Å². The zero-order valence-electron chi connectivity index (χ0n) is 14.8. The Hall–Kier alpha value is -2.51. The summed E-state index contributed by atoms with van der Waals surface area (Å²) in [4.78, 5) is 21.3. The highest BCUT2D eigenvalue weighted by atomic mass is 32.1. The summed E-state index contributed by atoms with van der Waals surface area (Å²) < 4.78 is 0. The Bertz CT molecular complexity index is 952. The number of amides is 1. The number of rotatable bonds is 6. The molecule has 0 unspecified atom stereocenters. The summed E-state index contributed by atoms with van der Waals surface area (Å²) in [5.41, 5.74) is 8.40. The molecule has 1 aliphatic rings. The summed E-state index contributed by atoms with van der Waals surface area (Å²) in [5, 5.41) is 16.3. The van der Waals surface area contributed by atoms with E-state index in [1.807, 2.05) is 35.8 Å². The van der Waals surface area contributed by atoms with Crippen molar-refractivity contribution >= 4 is 33.3 Å². The minimum absolute atomic E-state index is 0.0267. The van der Waals surface area contributed by atoms with Crippen LogP contribution in [0.5, 0.6) is 0 Å². The summed E-state index contributed by atoms with van der Waals surface area (Å²) in [7, 11) is 0. The SMILES string of the molecule is Nc1nc(CCC(=O)N[C@H](c2cnc3ccccc3c2)C2CC(O)C2)cs1. The number of nitrogen functional groups attached to an aromatic ring is 1. The molecule has 0 aliphatic heterocycles. The molecule has 140 valence electrons. The minimum Gasteiger partial charge on any atom is -0.393 e. The molecule has 1 aromatic carbocycles. The zero-order valence-corrected chi connectivity index (χ0v) is 15.7. The Morgan fingerprint density at radius 3 is 2.93 bits per heavy atom. The number of benzene rings is 1. The molecule has 3 aromatic rings. The lowest BCUT2D eigenvalue weighted by Crippen LogP contribution is -2.41. The lowest BCUT2D eigenvalue weighted by molar-refractivity contribution is -0.123. The predicted octanol–water partition coefficient (Wildman–Crippen LogP) is 2.83. The summed E-state index contributed by atoms with van der Waals surface area (Å²) in [6, 6.07) is 9.87. The van der Waals surface area contributed by atoms with Gasteiger partial charge in [0.05, 0.1) is 23.4 Å². The number of carbonyl (C=O) groups is 1. The normalized spacial score (nSPS) is 20.2. The molecule has 2 heterocycles. The van der Waals surface area contributed by atoms with Crippen molar-refractivity contribution in [2.24, 2.45) is 5.92 Å². The van der Waals surface area contributed by atoms with Crippen LogP contribution in [-0.2, 0) is 11.2 Å². The molecule has 7 heteroatoms. The van der Waals surface area contributed by atoms with Gasteiger partial charge in [0.25, 0.3) is 0 Å². The molecule has 4 N–H and O–H groups in total. The third-order valence-corrected chi connectivity index (χ3v) is 5.81. The number of fused-ring (bicyclic) bond motifs is 1. The quantitative estimate of drug-likeness (QED) is 0.608. The van der Waals surface area contributed by atoms with E-state index in [9.17, 15) is 9.90 Å². The van der Waals surface area contributed by atoms with Gasteiger partial charge < -0.3 is 16.2 Å². The van der Waals surface area contributed by atoms with E-state index < -0.39 is 0 Å². The monoisotopic (exact) mass is 382 g/mol. The first kappa shape index (κ1) is 17.9. The second-order valence-corrected chi connectivity index (χ2v) is 7.96. The summed E-state index contributed by atoms with van der Waals surface area (Å²) in [5.74, 6) is 0.197. The number of nitrogens with zero attached hydrogens (tertiary/aromatic N) is 2. The van der Waals surface area contributed by atoms with Crippen LogP contribution in [0.3, 0.4) is 0 Å². The van der Waals surface area contributed by atoms with Crippen LogP contribution in [0.2, 0.25) is 0 Å². The molecule has 0 spiro atoms. The number of thiazole rings is 1. The van der Waals surface area contributed by atoms with Crippen LogP contribution in [0.1, 0.15) is 36.6 Å². The van der Waals surface area contributed by atoms with E-state index >= 15 is 0 Å². The Morgan fingerprint density at radius 2 is 2.19 bits per heavy atom. The van der Waals surface area contributed by atoms with Crippen LogP contribution in [0.15, 0.2) is 41.9 Å². The van der Waals surface area contributed by atoms with Crippen LogP contribution in [0, 0.1) is 5.92 Å². The molecule has 27 heavy (non-hydrogen) atoms. The highest BCUT2D eigenvalue weighted by Gasteiger charge is 2.35. The molecule has 1 amide bonds. The average molecular weight is 382 g/mol. The fraction of sp³-hybridized carbons (Fsp3) is 0.350. The van der Waals surface area contributed by atoms with Gasteiger partial charge in [-0.25, -0.2) is 4.98 Å². The third kappa shape index (κ3) is 4.09. The van der Waals surface area contributed by atoms with E-state index in [4.69, 9.17) is 5.73 Å². The smallest absolute Gasteiger partial charge is 0.220 e. The van der Waals surface area contributed by atoms with Crippen molar-refractivity contribution in [3.05, 3.63) is 53.2 Å². The summed E-state index contributed by atoms with van der Waals surface area (Å²) >= 11 is 1.38. The van der Waals surface area contributed by atoms with Crippen LogP contribution >= 0.6 is 11.3 Å². The van der Waals surface area contributed by atoms with Crippen molar-refractivity contribution in [1.29, 1.82) is 0 Å². The number of pyridine rings is 1. The number of anilines is 1. The number of aromatic nitrogens is 2. The standard InChI is InChI=1S/C20H22N4O2S/c21-20-23-15(11-27-20)5-6-18(26)24-19(13-8-16(25)9-13)14-7-12-3-1-2-4-17(12)22-10-14/h1-4,7,10-11,13,16,19,25H,5-6,8-9H2,(H2,21,23)(H,24,26)/t13?,16?,19-/m0/s1. The van der Waals surface area contributed by atoms with Crippen LogP contribution < -0.4 is 11.1 Å². The zero-order chi connectivity index (χ0) is 18.8. The Kier molecular flexibility index (Phi) is 5.05. The fourth-order valence-electron chi connectivity index (χ4n) is 3.56. The Balaban J connectivity index is 1.49. The van der Waals surface area contributed by atoms with Crippen molar-refractivity contribution < 1.29 is 9.90 Å². The number of nitrogens with one attached hydrogen (secondary N) is 1. The number of nitrogens with two attached hydrogens (primary N) is 1. The van der Waals surface area contributed by atoms with E-state index in [1.54, 1.807) is 0 Å². The van der Waals surface area contributed by atoms with Crippen molar-refractivity contribution in [2.45, 2.75) is 37.8 Å². The van der Waals surface area contributed by atoms with Gasteiger partial charge >= 0.3 is 0 Å². The second-order valence-electron chi connectivity index (χ2n) is 7.07. The van der Waals surface area contributed by atoms with Gasteiger partial charge in [-0.15, -0.1) is 11.3 Å². The highest BCUT2D eigenvalue weighted by Crippen LogP contribution is 2.38. The van der Waals surface area contributed by atoms with E-state index in [0.717, 1.165) is 22.2 Å². The predicted molar refractivity (Wildman–Crippen MR) is 106 cm³/mol. The maximum Gasteiger partial charge on any atom is 0.220 e. The third-order valence-electron chi connectivity index (χ3n) is 5.09. The lowest BCUT2D eigenvalue weighted by atomic mass is 9.75. The largest absolute Gasteiger partial charge is 0.393 e. The van der Waals surface area contributed by atoms with Crippen LogP contribution in [-0.4, -0.2) is 27.1 Å². The molecule has 2 aromatic heterocycles. The number of carbonyl (C=O) groups excluding carboxylic acids is 1. The first-order valence-electron chi connectivity index (χ1n) is 9.10. The maximum absolute atomic E-state index is 12.5. The van der Waals surface area contributed by atoms with Crippen molar-refractivity contribution in [3.63, 3.8) is 0 Å². The molecule has 1 saturated carbocycles. The van der Waals surface area contributed by atoms with E-state index in [1.165, 1.54) is 11.3 Å². The highest BCUT2D eigenvalue weighted by molar-refractivity contribution is 7.13. The average Bonchev–Trinajstić information content (AvgIpc) is 3.07. The van der Waals surface area contributed by atoms with Crippen molar-refractivity contribution in [3.8, 4) is 0 Å². The van der Waals surface area contributed by atoms with E-state index in [0.29, 0.717) is 30.8 Å². The van der Waals surface area contributed by atoms with Gasteiger partial charge in [-0.2, -0.15) is 0 Å². The maximum atomic E-state index is 12.5. The number of para-hydroxylation sites is 1. The van der Waals surface area contributed by atoms with Gasteiger partial charge in [-0.1, -0.05) is 18.2 Å². The van der Waals surface area contributed by atoms with Crippen LogP contribution in [0.25, 0.3) is 10.9 Å². The number of hydrogen-bond donors (Lipinski definition) is 3. The first-order valence-corrected chi connectivity index (χ1v) is 9.98. The number of hydrogen-bond acceptors (Lipinski definition) is 6. The summed E-state index contributed by atoms with van der Waals surface area (Å²) in [6.07, 6.45) is 3.87. The van der Waals surface area contributed by atoms with Crippen LogP contribution in [0.4, 0.5) is 5.13 Å². The molecule has 0 bridgehead atoms. The van der Waals surface area contributed by atoms with Crippen molar-refractivity contribution in [2.75, 3.05) is 5.73 Å². The molecular formula is C20H22N4O2S. The molecule has 1 fully saturated rings. The number of aliphatic hydroxyl groups is 1. The topological polar surface area (TPSA) is 101 Å². The first-order chi connectivity index (χ1) is 13.1. The molecule has 4 rings (SSSR count). The van der Waals surface area contributed by atoms with Gasteiger partial charge in [-0.3, -0.25) is 9.78 Å². The molecular weight excluding hydrogens is 360 g/mol. The Labute approximate surface area is 161 Å². The van der Waals surface area contributed by atoms with E-state index in [2.05, 4.69) is 21.4 Å². The van der Waals surface area contributed by atoms with Gasteiger partial charge in [0, 0.05) is 23.4 Å². The molecule has 0 saturated heterocycles. The molecule has 1 atom stereocenters. The molecule has 0 radical (unpaired) electrons. The Morgan fingerprint density at radius 1 is 1.37 bits per heavy atom. The second kappa shape index (κ2) is 7.62.